The quantitative estimate of drug-likeness (QED) is 0.867. The lowest BCUT2D eigenvalue weighted by molar-refractivity contribution is 0.480. The standard InChI is InChI=1S/C13H20ClN3/c1-17(2)13-11(14)6-3-7-12(13)16-10-5-4-8-15-9-10/h3,6-7,10,15-16H,4-5,8-9H2,1-2H3. The molecule has 4 heteroatoms. The number of halogens is 1. The monoisotopic (exact) mass is 253 g/mol. The molecule has 0 bridgehead atoms. The molecule has 1 saturated heterocycles. The van der Waals surface area contributed by atoms with Gasteiger partial charge in [0, 0.05) is 26.7 Å². The number of nitrogens with zero attached hydrogens (tertiary/aromatic N) is 1. The van der Waals surface area contributed by atoms with Crippen molar-refractivity contribution in [2.24, 2.45) is 0 Å². The van der Waals surface area contributed by atoms with E-state index >= 15 is 0 Å². The minimum atomic E-state index is 0.501. The van der Waals surface area contributed by atoms with Crippen LogP contribution in [0.2, 0.25) is 5.02 Å². The molecular weight excluding hydrogens is 234 g/mol. The highest BCUT2D eigenvalue weighted by atomic mass is 35.5. The summed E-state index contributed by atoms with van der Waals surface area (Å²) in [5, 5.41) is 7.79. The van der Waals surface area contributed by atoms with Crippen LogP contribution in [-0.2, 0) is 0 Å². The summed E-state index contributed by atoms with van der Waals surface area (Å²) in [6.07, 6.45) is 2.45. The summed E-state index contributed by atoms with van der Waals surface area (Å²) in [5.74, 6) is 0. The van der Waals surface area contributed by atoms with Crippen LogP contribution in [0.1, 0.15) is 12.8 Å². The van der Waals surface area contributed by atoms with Crippen molar-refractivity contribution in [3.05, 3.63) is 23.2 Å². The van der Waals surface area contributed by atoms with E-state index in [0.29, 0.717) is 6.04 Å². The van der Waals surface area contributed by atoms with Crippen LogP contribution in [0.15, 0.2) is 18.2 Å². The van der Waals surface area contributed by atoms with Gasteiger partial charge in [0.2, 0.25) is 0 Å². The van der Waals surface area contributed by atoms with Gasteiger partial charge < -0.3 is 15.5 Å². The maximum atomic E-state index is 6.24. The molecule has 1 unspecified atom stereocenters. The number of piperidine rings is 1. The summed E-state index contributed by atoms with van der Waals surface area (Å²) in [7, 11) is 4.04. The van der Waals surface area contributed by atoms with Crippen molar-refractivity contribution in [1.29, 1.82) is 0 Å². The summed E-state index contributed by atoms with van der Waals surface area (Å²) in [5.41, 5.74) is 2.19. The molecule has 1 heterocycles. The first kappa shape index (κ1) is 12.5. The lowest BCUT2D eigenvalue weighted by Gasteiger charge is -2.27. The molecule has 94 valence electrons. The second-order valence-electron chi connectivity index (χ2n) is 4.72. The van der Waals surface area contributed by atoms with Crippen LogP contribution in [0, 0.1) is 0 Å². The van der Waals surface area contributed by atoms with Gasteiger partial charge in [-0.25, -0.2) is 0 Å². The molecule has 1 atom stereocenters. The third kappa shape index (κ3) is 3.05. The average Bonchev–Trinajstić information content (AvgIpc) is 2.30. The van der Waals surface area contributed by atoms with Crippen molar-refractivity contribution in [1.82, 2.24) is 5.32 Å². The largest absolute Gasteiger partial charge is 0.379 e. The van der Waals surface area contributed by atoms with Gasteiger partial charge in [-0.1, -0.05) is 17.7 Å². The fourth-order valence-electron chi connectivity index (χ4n) is 2.28. The Bertz CT molecular complexity index is 373. The van der Waals surface area contributed by atoms with Gasteiger partial charge in [-0.2, -0.15) is 0 Å². The Kier molecular flexibility index (Phi) is 4.13. The van der Waals surface area contributed by atoms with Crippen LogP contribution in [0.5, 0.6) is 0 Å². The average molecular weight is 254 g/mol. The Morgan fingerprint density at radius 1 is 1.41 bits per heavy atom. The molecule has 1 aliphatic heterocycles. The molecule has 17 heavy (non-hydrogen) atoms. The third-order valence-electron chi connectivity index (χ3n) is 3.09. The minimum Gasteiger partial charge on any atom is -0.379 e. The number of hydrogen-bond acceptors (Lipinski definition) is 3. The smallest absolute Gasteiger partial charge is 0.0786 e. The van der Waals surface area contributed by atoms with Crippen molar-refractivity contribution >= 4 is 23.0 Å². The molecule has 1 aromatic carbocycles. The lowest BCUT2D eigenvalue weighted by Crippen LogP contribution is -2.38. The first-order valence-electron chi connectivity index (χ1n) is 6.11. The summed E-state index contributed by atoms with van der Waals surface area (Å²) < 4.78 is 0. The van der Waals surface area contributed by atoms with Crippen molar-refractivity contribution in [3.63, 3.8) is 0 Å². The second-order valence-corrected chi connectivity index (χ2v) is 5.13. The van der Waals surface area contributed by atoms with E-state index in [2.05, 4.69) is 21.6 Å². The predicted octanol–water partition coefficient (Wildman–Crippen LogP) is 2.57. The molecule has 1 aromatic rings. The molecule has 0 saturated carbocycles. The molecule has 0 amide bonds. The van der Waals surface area contributed by atoms with Gasteiger partial charge in [0.25, 0.3) is 0 Å². The molecule has 3 nitrogen and oxygen atoms in total. The number of rotatable bonds is 3. The highest BCUT2D eigenvalue weighted by Crippen LogP contribution is 2.33. The first-order chi connectivity index (χ1) is 8.18. The molecule has 0 aromatic heterocycles. The molecule has 2 N–H and O–H groups in total. The maximum absolute atomic E-state index is 6.24. The highest BCUT2D eigenvalue weighted by molar-refractivity contribution is 6.34. The molecule has 0 aliphatic carbocycles. The molecule has 2 rings (SSSR count). The van der Waals surface area contributed by atoms with Gasteiger partial charge in [0.1, 0.15) is 0 Å². The maximum Gasteiger partial charge on any atom is 0.0786 e. The fraction of sp³-hybridized carbons (Fsp3) is 0.538. The van der Waals surface area contributed by atoms with Gasteiger partial charge in [0.15, 0.2) is 0 Å². The Balaban J connectivity index is 2.16. The summed E-state index contributed by atoms with van der Waals surface area (Å²) in [6, 6.07) is 6.52. The van der Waals surface area contributed by atoms with Gasteiger partial charge in [-0.05, 0) is 31.5 Å². The normalized spacial score (nSPS) is 20.1. The zero-order valence-electron chi connectivity index (χ0n) is 10.5. The van der Waals surface area contributed by atoms with Crippen LogP contribution in [0.3, 0.4) is 0 Å². The van der Waals surface area contributed by atoms with E-state index in [9.17, 15) is 0 Å². The lowest BCUT2D eigenvalue weighted by atomic mass is 10.1. The zero-order chi connectivity index (χ0) is 12.3. The van der Waals surface area contributed by atoms with Crippen LogP contribution < -0.4 is 15.5 Å². The SMILES string of the molecule is CN(C)c1c(Cl)cccc1NC1CCCNC1. The van der Waals surface area contributed by atoms with E-state index in [1.54, 1.807) is 0 Å². The van der Waals surface area contributed by atoms with E-state index in [1.807, 2.05) is 26.2 Å². The zero-order valence-corrected chi connectivity index (χ0v) is 11.2. The topological polar surface area (TPSA) is 27.3 Å². The number of anilines is 2. The van der Waals surface area contributed by atoms with E-state index in [0.717, 1.165) is 29.5 Å². The van der Waals surface area contributed by atoms with E-state index in [4.69, 9.17) is 11.6 Å². The Labute approximate surface area is 108 Å². The number of nitrogens with one attached hydrogen (secondary N) is 2. The summed E-state index contributed by atoms with van der Waals surface area (Å²) in [6.45, 7) is 2.16. The molecular formula is C13H20ClN3. The summed E-state index contributed by atoms with van der Waals surface area (Å²) in [4.78, 5) is 2.06. The molecule has 0 spiro atoms. The molecule has 0 radical (unpaired) electrons. The van der Waals surface area contributed by atoms with Crippen LogP contribution in [0.25, 0.3) is 0 Å². The number of benzene rings is 1. The van der Waals surface area contributed by atoms with E-state index in [-0.39, 0.29) is 0 Å². The van der Waals surface area contributed by atoms with Gasteiger partial charge >= 0.3 is 0 Å². The van der Waals surface area contributed by atoms with Crippen LogP contribution in [-0.4, -0.2) is 33.2 Å². The second kappa shape index (κ2) is 5.61. The Hall–Kier alpha value is -0.930. The van der Waals surface area contributed by atoms with Crippen molar-refractivity contribution in [2.45, 2.75) is 18.9 Å². The minimum absolute atomic E-state index is 0.501. The molecule has 1 fully saturated rings. The van der Waals surface area contributed by atoms with E-state index in [1.165, 1.54) is 12.8 Å². The van der Waals surface area contributed by atoms with Crippen molar-refractivity contribution in [3.8, 4) is 0 Å². The van der Waals surface area contributed by atoms with Crippen molar-refractivity contribution < 1.29 is 0 Å². The first-order valence-corrected chi connectivity index (χ1v) is 6.49. The van der Waals surface area contributed by atoms with Crippen LogP contribution >= 0.6 is 11.6 Å². The van der Waals surface area contributed by atoms with Crippen molar-refractivity contribution in [2.75, 3.05) is 37.4 Å². The van der Waals surface area contributed by atoms with Gasteiger partial charge in [0.05, 0.1) is 16.4 Å². The van der Waals surface area contributed by atoms with Gasteiger partial charge in [-0.3, -0.25) is 0 Å². The number of para-hydroxylation sites is 1. The third-order valence-corrected chi connectivity index (χ3v) is 3.40. The number of hydrogen-bond donors (Lipinski definition) is 2. The Morgan fingerprint density at radius 2 is 2.24 bits per heavy atom. The van der Waals surface area contributed by atoms with E-state index < -0.39 is 0 Å². The fourth-order valence-corrected chi connectivity index (χ4v) is 2.62. The predicted molar refractivity (Wildman–Crippen MR) is 75.3 cm³/mol. The summed E-state index contributed by atoms with van der Waals surface area (Å²) >= 11 is 6.24. The highest BCUT2D eigenvalue weighted by Gasteiger charge is 2.15. The van der Waals surface area contributed by atoms with Crippen LogP contribution in [0.4, 0.5) is 11.4 Å². The van der Waals surface area contributed by atoms with Gasteiger partial charge in [-0.15, -0.1) is 0 Å². The Morgan fingerprint density at radius 3 is 2.88 bits per heavy atom. The molecule has 1 aliphatic rings.